The molecule has 0 heterocycles. The minimum absolute atomic E-state index is 0.257. The molecule has 1 aromatic rings. The van der Waals surface area contributed by atoms with Gasteiger partial charge in [-0.05, 0) is 31.6 Å². The highest BCUT2D eigenvalue weighted by Gasteiger charge is 2.30. The van der Waals surface area contributed by atoms with Crippen molar-refractivity contribution in [3.05, 3.63) is 35.4 Å². The predicted molar refractivity (Wildman–Crippen MR) is 54.5 cm³/mol. The van der Waals surface area contributed by atoms with Crippen molar-refractivity contribution in [3.63, 3.8) is 0 Å². The van der Waals surface area contributed by atoms with Gasteiger partial charge in [0.1, 0.15) is 0 Å². The molecule has 1 aliphatic carbocycles. The lowest BCUT2D eigenvalue weighted by Gasteiger charge is -2.24. The molecular formula is C11H16N2. The van der Waals surface area contributed by atoms with Gasteiger partial charge in [0.25, 0.3) is 0 Å². The van der Waals surface area contributed by atoms with Crippen molar-refractivity contribution in [2.24, 2.45) is 5.73 Å². The highest BCUT2D eigenvalue weighted by molar-refractivity contribution is 5.36. The third-order valence-electron chi connectivity index (χ3n) is 2.79. The van der Waals surface area contributed by atoms with E-state index in [1.807, 2.05) is 0 Å². The molecule has 0 aliphatic heterocycles. The van der Waals surface area contributed by atoms with Crippen LogP contribution in [0.3, 0.4) is 0 Å². The lowest BCUT2D eigenvalue weighted by molar-refractivity contribution is 0.273. The normalized spacial score (nSPS) is 26.5. The van der Waals surface area contributed by atoms with Crippen LogP contribution in [0.15, 0.2) is 24.3 Å². The SMILES string of the molecule is CN(C)[C@H]1c2ccccc2C[C@H]1N. The molecule has 0 saturated heterocycles. The summed E-state index contributed by atoms with van der Waals surface area (Å²) in [5.74, 6) is 0. The molecule has 0 unspecified atom stereocenters. The molecule has 2 nitrogen and oxygen atoms in total. The molecule has 0 saturated carbocycles. The van der Waals surface area contributed by atoms with Gasteiger partial charge in [-0.3, -0.25) is 0 Å². The van der Waals surface area contributed by atoms with Gasteiger partial charge in [-0.25, -0.2) is 0 Å². The molecule has 0 spiro atoms. The molecule has 2 atom stereocenters. The average Bonchev–Trinajstić information content (AvgIpc) is 2.39. The van der Waals surface area contributed by atoms with Crippen LogP contribution in [0, 0.1) is 0 Å². The van der Waals surface area contributed by atoms with Gasteiger partial charge < -0.3 is 10.6 Å². The van der Waals surface area contributed by atoms with Crippen LogP contribution in [0.5, 0.6) is 0 Å². The Hall–Kier alpha value is -0.860. The van der Waals surface area contributed by atoms with Gasteiger partial charge in [0.2, 0.25) is 0 Å². The van der Waals surface area contributed by atoms with Crippen LogP contribution in [0.4, 0.5) is 0 Å². The molecule has 0 bridgehead atoms. The minimum Gasteiger partial charge on any atom is -0.326 e. The van der Waals surface area contributed by atoms with Gasteiger partial charge >= 0.3 is 0 Å². The van der Waals surface area contributed by atoms with E-state index in [0.29, 0.717) is 6.04 Å². The molecule has 1 aromatic carbocycles. The Morgan fingerprint density at radius 1 is 1.31 bits per heavy atom. The Morgan fingerprint density at radius 2 is 2.00 bits per heavy atom. The molecule has 0 radical (unpaired) electrons. The monoisotopic (exact) mass is 176 g/mol. The molecular weight excluding hydrogens is 160 g/mol. The largest absolute Gasteiger partial charge is 0.326 e. The van der Waals surface area contributed by atoms with Gasteiger partial charge in [-0.1, -0.05) is 24.3 Å². The molecule has 0 amide bonds. The van der Waals surface area contributed by atoms with E-state index in [1.54, 1.807) is 0 Å². The van der Waals surface area contributed by atoms with Crippen molar-refractivity contribution in [2.45, 2.75) is 18.5 Å². The second-order valence-corrected chi connectivity index (χ2v) is 3.98. The number of hydrogen-bond donors (Lipinski definition) is 1. The Labute approximate surface area is 79.4 Å². The van der Waals surface area contributed by atoms with Gasteiger partial charge in [0.05, 0.1) is 0 Å². The van der Waals surface area contributed by atoms with E-state index >= 15 is 0 Å². The molecule has 13 heavy (non-hydrogen) atoms. The van der Waals surface area contributed by atoms with Crippen molar-refractivity contribution in [3.8, 4) is 0 Å². The smallest absolute Gasteiger partial charge is 0.0499 e. The first kappa shape index (κ1) is 8.73. The molecule has 2 rings (SSSR count). The van der Waals surface area contributed by atoms with Crippen molar-refractivity contribution in [2.75, 3.05) is 14.1 Å². The number of fused-ring (bicyclic) bond motifs is 1. The summed E-state index contributed by atoms with van der Waals surface area (Å²) < 4.78 is 0. The van der Waals surface area contributed by atoms with Crippen LogP contribution in [0.1, 0.15) is 17.2 Å². The number of nitrogens with two attached hydrogens (primary N) is 1. The summed E-state index contributed by atoms with van der Waals surface area (Å²) in [4.78, 5) is 2.20. The van der Waals surface area contributed by atoms with Crippen LogP contribution in [0.2, 0.25) is 0 Å². The van der Waals surface area contributed by atoms with Gasteiger partial charge in [-0.15, -0.1) is 0 Å². The number of hydrogen-bond acceptors (Lipinski definition) is 2. The maximum absolute atomic E-state index is 6.09. The van der Waals surface area contributed by atoms with E-state index in [-0.39, 0.29) is 6.04 Å². The molecule has 0 fully saturated rings. The summed E-state index contributed by atoms with van der Waals surface area (Å²) >= 11 is 0. The van der Waals surface area contributed by atoms with Crippen LogP contribution in [-0.2, 0) is 6.42 Å². The summed E-state index contributed by atoms with van der Waals surface area (Å²) in [5, 5.41) is 0. The maximum Gasteiger partial charge on any atom is 0.0499 e. The minimum atomic E-state index is 0.257. The van der Waals surface area contributed by atoms with Gasteiger partial charge in [-0.2, -0.15) is 0 Å². The van der Waals surface area contributed by atoms with E-state index in [2.05, 4.69) is 43.3 Å². The Bertz CT molecular complexity index is 307. The Morgan fingerprint density at radius 3 is 2.69 bits per heavy atom. The highest BCUT2D eigenvalue weighted by Crippen LogP contribution is 2.32. The number of rotatable bonds is 1. The fourth-order valence-electron chi connectivity index (χ4n) is 2.27. The van der Waals surface area contributed by atoms with E-state index in [1.165, 1.54) is 11.1 Å². The predicted octanol–water partition coefficient (Wildman–Crippen LogP) is 1.17. The van der Waals surface area contributed by atoms with Crippen molar-refractivity contribution >= 4 is 0 Å². The quantitative estimate of drug-likeness (QED) is 0.696. The standard InChI is InChI=1S/C11H16N2/c1-13(2)11-9-6-4-3-5-8(9)7-10(11)12/h3-6,10-11H,7,12H2,1-2H3/t10-,11+/m1/s1. The summed E-state index contributed by atoms with van der Waals surface area (Å²) in [6.07, 6.45) is 1.01. The van der Waals surface area contributed by atoms with E-state index in [4.69, 9.17) is 5.73 Å². The number of nitrogens with zero attached hydrogens (tertiary/aromatic N) is 1. The second kappa shape index (κ2) is 3.13. The fourth-order valence-corrected chi connectivity index (χ4v) is 2.27. The summed E-state index contributed by atoms with van der Waals surface area (Å²) in [7, 11) is 4.18. The zero-order chi connectivity index (χ0) is 9.42. The van der Waals surface area contributed by atoms with E-state index < -0.39 is 0 Å². The maximum atomic E-state index is 6.09. The third-order valence-corrected chi connectivity index (χ3v) is 2.79. The van der Waals surface area contributed by atoms with Crippen molar-refractivity contribution < 1.29 is 0 Å². The van der Waals surface area contributed by atoms with E-state index in [0.717, 1.165) is 6.42 Å². The van der Waals surface area contributed by atoms with Gasteiger partial charge in [0.15, 0.2) is 0 Å². The lowest BCUT2D eigenvalue weighted by Crippen LogP contribution is -2.34. The van der Waals surface area contributed by atoms with Gasteiger partial charge in [0, 0.05) is 12.1 Å². The summed E-state index contributed by atoms with van der Waals surface area (Å²) in [6, 6.07) is 9.20. The first-order valence-electron chi connectivity index (χ1n) is 4.70. The van der Waals surface area contributed by atoms with E-state index in [9.17, 15) is 0 Å². The summed E-state index contributed by atoms with van der Waals surface area (Å²) in [6.45, 7) is 0. The van der Waals surface area contributed by atoms with Crippen molar-refractivity contribution in [1.29, 1.82) is 0 Å². The lowest BCUT2D eigenvalue weighted by atomic mass is 10.1. The number of benzene rings is 1. The van der Waals surface area contributed by atoms with Crippen LogP contribution < -0.4 is 5.73 Å². The Kier molecular flexibility index (Phi) is 2.10. The summed E-state index contributed by atoms with van der Waals surface area (Å²) in [5.41, 5.74) is 8.90. The topological polar surface area (TPSA) is 29.3 Å². The zero-order valence-corrected chi connectivity index (χ0v) is 8.20. The molecule has 70 valence electrons. The molecule has 2 heteroatoms. The average molecular weight is 176 g/mol. The fraction of sp³-hybridized carbons (Fsp3) is 0.455. The Balaban J connectivity index is 2.40. The van der Waals surface area contributed by atoms with Crippen LogP contribution in [-0.4, -0.2) is 25.0 Å². The van der Waals surface area contributed by atoms with Crippen molar-refractivity contribution in [1.82, 2.24) is 4.90 Å². The van der Waals surface area contributed by atoms with Crippen LogP contribution in [0.25, 0.3) is 0 Å². The first-order chi connectivity index (χ1) is 6.20. The number of likely N-dealkylation sites (N-methyl/N-ethyl adjacent to an activating group) is 1. The third kappa shape index (κ3) is 1.36. The first-order valence-corrected chi connectivity index (χ1v) is 4.70. The van der Waals surface area contributed by atoms with Crippen LogP contribution >= 0.6 is 0 Å². The molecule has 1 aliphatic rings. The molecule has 2 N–H and O–H groups in total. The zero-order valence-electron chi connectivity index (χ0n) is 8.20. The second-order valence-electron chi connectivity index (χ2n) is 3.98. The molecule has 0 aromatic heterocycles. The highest BCUT2D eigenvalue weighted by atomic mass is 15.1.